The van der Waals surface area contributed by atoms with Gasteiger partial charge < -0.3 is 18.9 Å². The Hall–Kier alpha value is -1.88. The molecule has 0 fully saturated rings. The smallest absolute Gasteiger partial charge is 0.180 e. The van der Waals surface area contributed by atoms with Crippen molar-refractivity contribution in [2.45, 2.75) is 33.2 Å². The molecule has 25 heavy (non-hydrogen) atoms. The molecule has 2 rings (SSSR count). The molecule has 0 aliphatic carbocycles. The van der Waals surface area contributed by atoms with Gasteiger partial charge in [-0.2, -0.15) is 0 Å². The van der Waals surface area contributed by atoms with Crippen molar-refractivity contribution in [3.63, 3.8) is 0 Å². The average Bonchev–Trinajstić information content (AvgIpc) is 2.65. The zero-order valence-corrected chi connectivity index (χ0v) is 15.1. The van der Waals surface area contributed by atoms with Crippen molar-refractivity contribution < 1.29 is 18.9 Å². The molecule has 4 heteroatoms. The SMILES string of the molecule is CCOC(COCCc1ccc(OCc2ccccc2)cc1)OCC. The van der Waals surface area contributed by atoms with Crippen LogP contribution in [0, 0.1) is 0 Å². The minimum absolute atomic E-state index is 0.274. The molecule has 0 aromatic heterocycles. The highest BCUT2D eigenvalue weighted by Crippen LogP contribution is 2.14. The topological polar surface area (TPSA) is 36.9 Å². The Morgan fingerprint density at radius 1 is 0.800 bits per heavy atom. The van der Waals surface area contributed by atoms with Crippen LogP contribution in [0.4, 0.5) is 0 Å². The van der Waals surface area contributed by atoms with E-state index in [9.17, 15) is 0 Å². The maximum atomic E-state index is 5.79. The maximum Gasteiger partial charge on any atom is 0.180 e. The lowest BCUT2D eigenvalue weighted by molar-refractivity contribution is -0.167. The highest BCUT2D eigenvalue weighted by molar-refractivity contribution is 5.28. The van der Waals surface area contributed by atoms with Gasteiger partial charge in [0.2, 0.25) is 0 Å². The summed E-state index contributed by atoms with van der Waals surface area (Å²) in [7, 11) is 0. The fourth-order valence-electron chi connectivity index (χ4n) is 2.38. The largest absolute Gasteiger partial charge is 0.489 e. The minimum Gasteiger partial charge on any atom is -0.489 e. The summed E-state index contributed by atoms with van der Waals surface area (Å²) < 4.78 is 22.4. The summed E-state index contributed by atoms with van der Waals surface area (Å²) in [6.45, 7) is 6.83. The van der Waals surface area contributed by atoms with Gasteiger partial charge in [0, 0.05) is 13.2 Å². The second-order valence-corrected chi connectivity index (χ2v) is 5.58. The predicted molar refractivity (Wildman–Crippen MR) is 98.8 cm³/mol. The quantitative estimate of drug-likeness (QED) is 0.427. The van der Waals surface area contributed by atoms with Crippen molar-refractivity contribution in [3.8, 4) is 5.75 Å². The van der Waals surface area contributed by atoms with Crippen LogP contribution in [0.5, 0.6) is 5.75 Å². The van der Waals surface area contributed by atoms with E-state index in [0.717, 1.165) is 17.7 Å². The molecule has 136 valence electrons. The summed E-state index contributed by atoms with van der Waals surface area (Å²) in [6, 6.07) is 18.3. The Morgan fingerprint density at radius 3 is 2.12 bits per heavy atom. The Labute approximate surface area is 150 Å². The number of hydrogen-bond acceptors (Lipinski definition) is 4. The normalized spacial score (nSPS) is 11.0. The molecular weight excluding hydrogens is 316 g/mol. The van der Waals surface area contributed by atoms with E-state index in [1.54, 1.807) is 0 Å². The molecule has 0 saturated carbocycles. The lowest BCUT2D eigenvalue weighted by Crippen LogP contribution is -2.24. The molecule has 0 radical (unpaired) electrons. The highest BCUT2D eigenvalue weighted by atomic mass is 16.7. The van der Waals surface area contributed by atoms with E-state index < -0.39 is 0 Å². The molecule has 0 aliphatic heterocycles. The van der Waals surface area contributed by atoms with E-state index in [2.05, 4.69) is 24.3 Å². The van der Waals surface area contributed by atoms with E-state index in [0.29, 0.717) is 33.0 Å². The summed E-state index contributed by atoms with van der Waals surface area (Å²) in [5.74, 6) is 0.876. The average molecular weight is 344 g/mol. The Kier molecular flexibility index (Phi) is 9.05. The van der Waals surface area contributed by atoms with Crippen molar-refractivity contribution in [1.29, 1.82) is 0 Å². The van der Waals surface area contributed by atoms with Gasteiger partial charge in [-0.25, -0.2) is 0 Å². The Morgan fingerprint density at radius 2 is 1.48 bits per heavy atom. The van der Waals surface area contributed by atoms with Gasteiger partial charge in [-0.1, -0.05) is 42.5 Å². The van der Waals surface area contributed by atoms with Crippen molar-refractivity contribution >= 4 is 0 Å². The van der Waals surface area contributed by atoms with Crippen LogP contribution < -0.4 is 4.74 Å². The van der Waals surface area contributed by atoms with Gasteiger partial charge in [-0.3, -0.25) is 0 Å². The van der Waals surface area contributed by atoms with Crippen LogP contribution in [-0.4, -0.2) is 32.7 Å². The van der Waals surface area contributed by atoms with Crippen LogP contribution in [0.2, 0.25) is 0 Å². The van der Waals surface area contributed by atoms with Gasteiger partial charge in [-0.05, 0) is 43.5 Å². The second-order valence-electron chi connectivity index (χ2n) is 5.58. The van der Waals surface area contributed by atoms with E-state index in [4.69, 9.17) is 18.9 Å². The zero-order chi connectivity index (χ0) is 17.7. The van der Waals surface area contributed by atoms with Gasteiger partial charge in [-0.15, -0.1) is 0 Å². The lowest BCUT2D eigenvalue weighted by Gasteiger charge is -2.16. The van der Waals surface area contributed by atoms with Crippen LogP contribution in [0.25, 0.3) is 0 Å². The van der Waals surface area contributed by atoms with E-state index in [1.807, 2.05) is 44.2 Å². The third-order valence-electron chi connectivity index (χ3n) is 3.67. The molecule has 0 saturated heterocycles. The molecule has 4 nitrogen and oxygen atoms in total. The molecular formula is C21H28O4. The van der Waals surface area contributed by atoms with E-state index in [1.165, 1.54) is 5.56 Å². The van der Waals surface area contributed by atoms with E-state index in [-0.39, 0.29) is 6.29 Å². The zero-order valence-electron chi connectivity index (χ0n) is 15.1. The maximum absolute atomic E-state index is 5.79. The van der Waals surface area contributed by atoms with Crippen molar-refractivity contribution in [3.05, 3.63) is 65.7 Å². The first-order valence-electron chi connectivity index (χ1n) is 8.88. The first kappa shape index (κ1) is 19.4. The fourth-order valence-corrected chi connectivity index (χ4v) is 2.38. The third kappa shape index (κ3) is 7.69. The molecule has 0 aliphatic rings. The van der Waals surface area contributed by atoms with Crippen LogP contribution >= 0.6 is 0 Å². The summed E-state index contributed by atoms with van der Waals surface area (Å²) in [4.78, 5) is 0. The monoisotopic (exact) mass is 344 g/mol. The number of ether oxygens (including phenoxy) is 4. The van der Waals surface area contributed by atoms with Gasteiger partial charge in [0.25, 0.3) is 0 Å². The molecule has 0 N–H and O–H groups in total. The summed E-state index contributed by atoms with van der Waals surface area (Å²) >= 11 is 0. The summed E-state index contributed by atoms with van der Waals surface area (Å²) in [6.07, 6.45) is 0.577. The first-order chi connectivity index (χ1) is 12.3. The molecule has 0 unspecified atom stereocenters. The molecule has 2 aromatic rings. The lowest BCUT2D eigenvalue weighted by atomic mass is 10.1. The Balaban J connectivity index is 1.67. The van der Waals surface area contributed by atoms with Gasteiger partial charge in [0.05, 0.1) is 13.2 Å². The fraction of sp³-hybridized carbons (Fsp3) is 0.429. The number of hydrogen-bond donors (Lipinski definition) is 0. The molecule has 0 amide bonds. The standard InChI is InChI=1S/C21H28O4/c1-3-23-21(24-4-2)17-22-15-14-18-10-12-20(13-11-18)25-16-19-8-6-5-7-9-19/h5-13,21H,3-4,14-17H2,1-2H3. The minimum atomic E-state index is -0.274. The van der Waals surface area contributed by atoms with Crippen LogP contribution in [0.3, 0.4) is 0 Å². The molecule has 0 bridgehead atoms. The number of rotatable bonds is 12. The third-order valence-corrected chi connectivity index (χ3v) is 3.67. The molecule has 0 heterocycles. The van der Waals surface area contributed by atoms with Crippen LogP contribution in [0.15, 0.2) is 54.6 Å². The van der Waals surface area contributed by atoms with Crippen molar-refractivity contribution in [1.82, 2.24) is 0 Å². The number of benzene rings is 2. The van der Waals surface area contributed by atoms with Crippen LogP contribution in [0.1, 0.15) is 25.0 Å². The first-order valence-corrected chi connectivity index (χ1v) is 8.88. The highest BCUT2D eigenvalue weighted by Gasteiger charge is 2.07. The molecule has 0 spiro atoms. The molecule has 2 aromatic carbocycles. The summed E-state index contributed by atoms with van der Waals surface area (Å²) in [5, 5.41) is 0. The van der Waals surface area contributed by atoms with Gasteiger partial charge in [0.1, 0.15) is 12.4 Å². The van der Waals surface area contributed by atoms with Crippen LogP contribution in [-0.2, 0) is 27.2 Å². The molecule has 0 atom stereocenters. The van der Waals surface area contributed by atoms with Gasteiger partial charge in [0.15, 0.2) is 6.29 Å². The summed E-state index contributed by atoms with van der Waals surface area (Å²) in [5.41, 5.74) is 2.38. The van der Waals surface area contributed by atoms with E-state index >= 15 is 0 Å². The van der Waals surface area contributed by atoms with Crippen molar-refractivity contribution in [2.24, 2.45) is 0 Å². The second kappa shape index (κ2) is 11.6. The Bertz CT molecular complexity index is 562. The predicted octanol–water partition coefficient (Wildman–Crippen LogP) is 4.22. The van der Waals surface area contributed by atoms with Gasteiger partial charge >= 0.3 is 0 Å². The van der Waals surface area contributed by atoms with Crippen molar-refractivity contribution in [2.75, 3.05) is 26.4 Å².